The maximum absolute atomic E-state index is 12.8. The van der Waals surface area contributed by atoms with E-state index in [1.165, 1.54) is 18.2 Å². The molecule has 0 aromatic heterocycles. The van der Waals surface area contributed by atoms with E-state index in [0.29, 0.717) is 0 Å². The SMILES string of the molecule is CCCCc1ccc(C(=O)O)c(Nc2cccc(C(F)(F)F)c2)c1. The molecule has 0 atom stereocenters. The second-order valence-electron chi connectivity index (χ2n) is 5.49. The van der Waals surface area contributed by atoms with Crippen molar-refractivity contribution in [3.63, 3.8) is 0 Å². The van der Waals surface area contributed by atoms with Crippen LogP contribution < -0.4 is 5.32 Å². The average Bonchev–Trinajstić information content (AvgIpc) is 2.52. The molecule has 0 aliphatic rings. The third-order valence-corrected chi connectivity index (χ3v) is 3.60. The lowest BCUT2D eigenvalue weighted by atomic mass is 10.0. The minimum Gasteiger partial charge on any atom is -0.478 e. The standard InChI is InChI=1S/C18H18F3NO2/c1-2-3-5-12-8-9-15(17(23)24)16(10-12)22-14-7-4-6-13(11-14)18(19,20)21/h4,6-11,22H,2-3,5H2,1H3,(H,23,24). The second kappa shape index (κ2) is 7.38. The number of halogens is 3. The molecular formula is C18H18F3NO2. The van der Waals surface area contributed by atoms with Crippen LogP contribution >= 0.6 is 0 Å². The molecule has 24 heavy (non-hydrogen) atoms. The summed E-state index contributed by atoms with van der Waals surface area (Å²) in [5, 5.41) is 12.1. The highest BCUT2D eigenvalue weighted by atomic mass is 19.4. The van der Waals surface area contributed by atoms with E-state index in [0.717, 1.165) is 37.0 Å². The summed E-state index contributed by atoms with van der Waals surface area (Å²) < 4.78 is 38.4. The predicted octanol–water partition coefficient (Wildman–Crippen LogP) is 5.49. The van der Waals surface area contributed by atoms with Crippen molar-refractivity contribution >= 4 is 17.3 Å². The van der Waals surface area contributed by atoms with E-state index in [9.17, 15) is 23.1 Å². The van der Waals surface area contributed by atoms with Crippen LogP contribution in [0.4, 0.5) is 24.5 Å². The maximum Gasteiger partial charge on any atom is 0.416 e. The Kier molecular flexibility index (Phi) is 5.49. The van der Waals surface area contributed by atoms with E-state index in [1.807, 2.05) is 6.92 Å². The van der Waals surface area contributed by atoms with E-state index < -0.39 is 17.7 Å². The number of carbonyl (C=O) groups is 1. The van der Waals surface area contributed by atoms with E-state index in [4.69, 9.17) is 0 Å². The fourth-order valence-electron chi connectivity index (χ4n) is 2.35. The monoisotopic (exact) mass is 337 g/mol. The minimum absolute atomic E-state index is 0.0210. The highest BCUT2D eigenvalue weighted by Gasteiger charge is 2.30. The number of benzene rings is 2. The highest BCUT2D eigenvalue weighted by molar-refractivity contribution is 5.95. The zero-order valence-corrected chi connectivity index (χ0v) is 13.2. The first-order chi connectivity index (χ1) is 11.3. The van der Waals surface area contributed by atoms with Gasteiger partial charge in [-0.1, -0.05) is 25.5 Å². The topological polar surface area (TPSA) is 49.3 Å². The molecule has 0 spiro atoms. The van der Waals surface area contributed by atoms with Gasteiger partial charge in [-0.15, -0.1) is 0 Å². The smallest absolute Gasteiger partial charge is 0.416 e. The first-order valence-electron chi connectivity index (χ1n) is 7.61. The third kappa shape index (κ3) is 4.50. The van der Waals surface area contributed by atoms with E-state index in [1.54, 1.807) is 12.1 Å². The number of unbranched alkanes of at least 4 members (excludes halogenated alkanes) is 1. The van der Waals surface area contributed by atoms with Crippen molar-refractivity contribution in [2.24, 2.45) is 0 Å². The fraction of sp³-hybridized carbons (Fsp3) is 0.278. The van der Waals surface area contributed by atoms with Crippen molar-refractivity contribution in [1.29, 1.82) is 0 Å². The number of anilines is 2. The summed E-state index contributed by atoms with van der Waals surface area (Å²) in [6.07, 6.45) is -1.71. The number of aryl methyl sites for hydroxylation is 1. The van der Waals surface area contributed by atoms with Gasteiger partial charge in [-0.2, -0.15) is 13.2 Å². The Morgan fingerprint density at radius 2 is 1.92 bits per heavy atom. The van der Waals surface area contributed by atoms with Crippen LogP contribution in [0.1, 0.15) is 41.3 Å². The van der Waals surface area contributed by atoms with Crippen LogP contribution in [0.15, 0.2) is 42.5 Å². The van der Waals surface area contributed by atoms with Crippen molar-refractivity contribution in [3.05, 3.63) is 59.2 Å². The second-order valence-corrected chi connectivity index (χ2v) is 5.49. The number of hydrogen-bond donors (Lipinski definition) is 2. The molecule has 128 valence electrons. The molecule has 0 fully saturated rings. The van der Waals surface area contributed by atoms with Crippen molar-refractivity contribution in [2.45, 2.75) is 32.4 Å². The van der Waals surface area contributed by atoms with Gasteiger partial charge in [0.25, 0.3) is 0 Å². The number of nitrogens with one attached hydrogen (secondary N) is 1. The lowest BCUT2D eigenvalue weighted by molar-refractivity contribution is -0.137. The van der Waals surface area contributed by atoms with Gasteiger partial charge in [0.2, 0.25) is 0 Å². The highest BCUT2D eigenvalue weighted by Crippen LogP contribution is 2.32. The Bertz CT molecular complexity index is 726. The number of carboxylic acid groups (broad SMARTS) is 1. The number of rotatable bonds is 6. The van der Waals surface area contributed by atoms with Gasteiger partial charge < -0.3 is 10.4 Å². The molecule has 0 radical (unpaired) electrons. The van der Waals surface area contributed by atoms with Gasteiger partial charge in [-0.05, 0) is 48.7 Å². The molecule has 0 saturated heterocycles. The first kappa shape index (κ1) is 17.8. The summed E-state index contributed by atoms with van der Waals surface area (Å²) in [6.45, 7) is 2.05. The number of carboxylic acids is 1. The zero-order valence-electron chi connectivity index (χ0n) is 13.2. The van der Waals surface area contributed by atoms with Gasteiger partial charge in [0, 0.05) is 5.69 Å². The molecule has 2 aromatic carbocycles. The van der Waals surface area contributed by atoms with Gasteiger partial charge in [-0.3, -0.25) is 0 Å². The molecule has 0 saturated carbocycles. The zero-order chi connectivity index (χ0) is 17.7. The van der Waals surface area contributed by atoms with Gasteiger partial charge in [-0.25, -0.2) is 4.79 Å². The molecule has 2 rings (SSSR count). The Morgan fingerprint density at radius 1 is 1.17 bits per heavy atom. The Hall–Kier alpha value is -2.50. The van der Waals surface area contributed by atoms with Gasteiger partial charge in [0.05, 0.1) is 16.8 Å². The van der Waals surface area contributed by atoms with Crippen LogP contribution in [0.25, 0.3) is 0 Å². The molecule has 0 heterocycles. The summed E-state index contributed by atoms with van der Waals surface area (Å²) in [5.41, 5.74) is 0.658. The van der Waals surface area contributed by atoms with Crippen LogP contribution in [-0.2, 0) is 12.6 Å². The lowest BCUT2D eigenvalue weighted by Gasteiger charge is -2.13. The molecule has 0 aliphatic heterocycles. The molecule has 0 amide bonds. The van der Waals surface area contributed by atoms with E-state index in [2.05, 4.69) is 5.32 Å². The van der Waals surface area contributed by atoms with Crippen molar-refractivity contribution in [3.8, 4) is 0 Å². The normalized spacial score (nSPS) is 11.3. The van der Waals surface area contributed by atoms with Crippen molar-refractivity contribution < 1.29 is 23.1 Å². The van der Waals surface area contributed by atoms with Gasteiger partial charge in [0.15, 0.2) is 0 Å². The summed E-state index contributed by atoms with van der Waals surface area (Å²) in [4.78, 5) is 11.3. The largest absolute Gasteiger partial charge is 0.478 e. The minimum atomic E-state index is -4.45. The summed E-state index contributed by atoms with van der Waals surface area (Å²) in [6, 6.07) is 9.58. The van der Waals surface area contributed by atoms with Crippen molar-refractivity contribution in [2.75, 3.05) is 5.32 Å². The molecule has 2 N–H and O–H groups in total. The lowest BCUT2D eigenvalue weighted by Crippen LogP contribution is -2.07. The van der Waals surface area contributed by atoms with Crippen LogP contribution in [0.3, 0.4) is 0 Å². The Labute approximate surface area is 138 Å². The number of hydrogen-bond acceptors (Lipinski definition) is 2. The van der Waals surface area contributed by atoms with Crippen LogP contribution in [0.5, 0.6) is 0 Å². The molecule has 0 bridgehead atoms. The third-order valence-electron chi connectivity index (χ3n) is 3.60. The molecule has 2 aromatic rings. The van der Waals surface area contributed by atoms with E-state index >= 15 is 0 Å². The van der Waals surface area contributed by atoms with Gasteiger partial charge in [0.1, 0.15) is 0 Å². The summed E-state index contributed by atoms with van der Waals surface area (Å²) in [5.74, 6) is -1.13. The van der Waals surface area contributed by atoms with Crippen molar-refractivity contribution in [1.82, 2.24) is 0 Å². The molecular weight excluding hydrogens is 319 g/mol. The Morgan fingerprint density at radius 3 is 2.54 bits per heavy atom. The summed E-state index contributed by atoms with van der Waals surface area (Å²) in [7, 11) is 0. The van der Waals surface area contributed by atoms with E-state index in [-0.39, 0.29) is 16.9 Å². The molecule has 6 heteroatoms. The first-order valence-corrected chi connectivity index (χ1v) is 7.61. The maximum atomic E-state index is 12.8. The fourth-order valence-corrected chi connectivity index (χ4v) is 2.35. The predicted molar refractivity (Wildman–Crippen MR) is 86.7 cm³/mol. The van der Waals surface area contributed by atoms with Crippen LogP contribution in [0, 0.1) is 0 Å². The molecule has 0 unspecified atom stereocenters. The molecule has 0 aliphatic carbocycles. The summed E-state index contributed by atoms with van der Waals surface area (Å²) >= 11 is 0. The Balaban J connectivity index is 2.35. The van der Waals surface area contributed by atoms with Gasteiger partial charge >= 0.3 is 12.1 Å². The average molecular weight is 337 g/mol. The van der Waals surface area contributed by atoms with Crippen LogP contribution in [0.2, 0.25) is 0 Å². The van der Waals surface area contributed by atoms with Crippen LogP contribution in [-0.4, -0.2) is 11.1 Å². The number of alkyl halides is 3. The number of aromatic carboxylic acids is 1. The quantitative estimate of drug-likeness (QED) is 0.733. The molecule has 3 nitrogen and oxygen atoms in total.